The van der Waals surface area contributed by atoms with E-state index in [1.165, 1.54) is 17.4 Å². The molecule has 9 heteroatoms. The number of nitro groups is 1. The second kappa shape index (κ2) is 5.68. The second-order valence-electron chi connectivity index (χ2n) is 4.92. The fourth-order valence-electron chi connectivity index (χ4n) is 2.05. The molecule has 114 valence electrons. The van der Waals surface area contributed by atoms with Gasteiger partial charge in [-0.15, -0.1) is 11.3 Å². The summed E-state index contributed by atoms with van der Waals surface area (Å²) in [7, 11) is 0. The van der Waals surface area contributed by atoms with Gasteiger partial charge in [0.25, 0.3) is 0 Å². The van der Waals surface area contributed by atoms with E-state index in [0.29, 0.717) is 18.3 Å². The van der Waals surface area contributed by atoms with Crippen LogP contribution in [0.15, 0.2) is 28.1 Å². The first-order valence-corrected chi connectivity index (χ1v) is 7.49. The van der Waals surface area contributed by atoms with Crippen molar-refractivity contribution < 1.29 is 9.45 Å². The Kier molecular flexibility index (Phi) is 3.72. The maximum absolute atomic E-state index is 10.7. The minimum Gasteiger partial charge on any atom is -0.358 e. The summed E-state index contributed by atoms with van der Waals surface area (Å²) >= 11 is 1.54. The molecule has 0 N–H and O–H groups in total. The van der Waals surface area contributed by atoms with Gasteiger partial charge in [-0.1, -0.05) is 18.1 Å². The number of aromatic nitrogens is 4. The molecule has 8 nitrogen and oxygen atoms in total. The van der Waals surface area contributed by atoms with Gasteiger partial charge in [-0.2, -0.15) is 9.67 Å². The molecule has 0 aliphatic rings. The van der Waals surface area contributed by atoms with E-state index in [-0.39, 0.29) is 11.7 Å². The first-order chi connectivity index (χ1) is 10.5. The van der Waals surface area contributed by atoms with Crippen LogP contribution in [0.2, 0.25) is 0 Å². The molecule has 0 aromatic carbocycles. The Morgan fingerprint density at radius 2 is 2.36 bits per heavy atom. The zero-order valence-corrected chi connectivity index (χ0v) is 12.8. The highest BCUT2D eigenvalue weighted by molar-refractivity contribution is 7.13. The van der Waals surface area contributed by atoms with E-state index in [4.69, 9.17) is 4.52 Å². The summed E-state index contributed by atoms with van der Waals surface area (Å²) in [6.45, 7) is 4.13. The van der Waals surface area contributed by atoms with Gasteiger partial charge in [0.15, 0.2) is 0 Å². The Morgan fingerprint density at radius 3 is 3.00 bits per heavy atom. The predicted molar refractivity (Wildman–Crippen MR) is 79.6 cm³/mol. The van der Waals surface area contributed by atoms with Crippen LogP contribution in [0.5, 0.6) is 0 Å². The average molecular weight is 319 g/mol. The van der Waals surface area contributed by atoms with Crippen LogP contribution in [0.25, 0.3) is 10.7 Å². The topological polar surface area (TPSA) is 99.9 Å². The molecule has 22 heavy (non-hydrogen) atoms. The molecule has 0 bridgehead atoms. The first kappa shape index (κ1) is 14.4. The Labute approximate surface area is 129 Å². The largest absolute Gasteiger partial charge is 0.390 e. The zero-order valence-electron chi connectivity index (χ0n) is 12.0. The Bertz CT molecular complexity index is 793. The molecule has 3 aromatic heterocycles. The third kappa shape index (κ3) is 2.75. The summed E-state index contributed by atoms with van der Waals surface area (Å²) < 4.78 is 6.87. The molecule has 0 saturated carbocycles. The summed E-state index contributed by atoms with van der Waals surface area (Å²) in [6, 6.07) is 5.29. The molecule has 3 aromatic rings. The molecule has 0 spiro atoms. The molecule has 0 aliphatic heterocycles. The van der Waals surface area contributed by atoms with Gasteiger partial charge in [0.05, 0.1) is 34.2 Å². The van der Waals surface area contributed by atoms with E-state index >= 15 is 0 Å². The first-order valence-electron chi connectivity index (χ1n) is 6.61. The van der Waals surface area contributed by atoms with Crippen molar-refractivity contribution in [2.24, 2.45) is 0 Å². The lowest BCUT2D eigenvalue weighted by Crippen LogP contribution is -2.09. The van der Waals surface area contributed by atoms with E-state index < -0.39 is 4.92 Å². The van der Waals surface area contributed by atoms with E-state index in [9.17, 15) is 10.1 Å². The highest BCUT2D eigenvalue weighted by atomic mass is 32.1. The third-order valence-electron chi connectivity index (χ3n) is 3.21. The summed E-state index contributed by atoms with van der Waals surface area (Å²) in [6.07, 6.45) is 0. The summed E-state index contributed by atoms with van der Waals surface area (Å²) in [5, 5.41) is 20.6. The standard InChI is InChI=1S/C13H13N5O3S/c1-8(7-17-9(2)6-11(15-17)18(19)20)13-14-12(16-21-13)10-4-3-5-22-10/h3-6,8H,7H2,1-2H3/t8-/m1/s1. The van der Waals surface area contributed by atoms with Crippen molar-refractivity contribution in [3.63, 3.8) is 0 Å². The van der Waals surface area contributed by atoms with Crippen molar-refractivity contribution in [1.82, 2.24) is 19.9 Å². The quantitative estimate of drug-likeness (QED) is 0.529. The minimum atomic E-state index is -0.504. The monoisotopic (exact) mass is 319 g/mol. The van der Waals surface area contributed by atoms with Crippen molar-refractivity contribution in [2.45, 2.75) is 26.3 Å². The van der Waals surface area contributed by atoms with E-state index in [1.54, 1.807) is 11.6 Å². The Hall–Kier alpha value is -2.55. The van der Waals surface area contributed by atoms with Gasteiger partial charge in [0.1, 0.15) is 0 Å². The second-order valence-corrected chi connectivity index (χ2v) is 5.87. The number of aryl methyl sites for hydroxylation is 1. The Balaban J connectivity index is 1.77. The van der Waals surface area contributed by atoms with Gasteiger partial charge in [0, 0.05) is 0 Å². The number of thiophene rings is 1. The van der Waals surface area contributed by atoms with Crippen LogP contribution in [-0.4, -0.2) is 24.8 Å². The zero-order chi connectivity index (χ0) is 15.7. The summed E-state index contributed by atoms with van der Waals surface area (Å²) in [5.41, 5.74) is 0.719. The van der Waals surface area contributed by atoms with Gasteiger partial charge in [-0.05, 0) is 23.3 Å². The van der Waals surface area contributed by atoms with Gasteiger partial charge >= 0.3 is 5.82 Å². The lowest BCUT2D eigenvalue weighted by Gasteiger charge is -2.04. The van der Waals surface area contributed by atoms with Crippen molar-refractivity contribution in [3.05, 3.63) is 45.3 Å². The van der Waals surface area contributed by atoms with Gasteiger partial charge in [0.2, 0.25) is 11.7 Å². The summed E-state index contributed by atoms with van der Waals surface area (Å²) in [4.78, 5) is 15.6. The average Bonchev–Trinajstić information content (AvgIpc) is 3.18. The third-order valence-corrected chi connectivity index (χ3v) is 4.07. The maximum Gasteiger partial charge on any atom is 0.390 e. The SMILES string of the molecule is Cc1cc([N+](=O)[O-])nn1C[C@@H](C)c1nc(-c2cccs2)no1. The fraction of sp³-hybridized carbons (Fsp3) is 0.308. The molecule has 0 amide bonds. The molecule has 0 saturated heterocycles. The summed E-state index contributed by atoms with van der Waals surface area (Å²) in [5.74, 6) is 0.787. The van der Waals surface area contributed by atoms with Crippen LogP contribution in [0.1, 0.15) is 24.4 Å². The smallest absolute Gasteiger partial charge is 0.358 e. The van der Waals surface area contributed by atoms with Crippen LogP contribution in [0.4, 0.5) is 5.82 Å². The molecule has 0 fully saturated rings. The van der Waals surface area contributed by atoms with Crippen LogP contribution in [0, 0.1) is 17.0 Å². The lowest BCUT2D eigenvalue weighted by atomic mass is 10.2. The lowest BCUT2D eigenvalue weighted by molar-refractivity contribution is -0.389. The molecule has 0 radical (unpaired) electrons. The highest BCUT2D eigenvalue weighted by Gasteiger charge is 2.21. The molecule has 0 unspecified atom stereocenters. The van der Waals surface area contributed by atoms with Crippen LogP contribution >= 0.6 is 11.3 Å². The number of hydrogen-bond donors (Lipinski definition) is 0. The van der Waals surface area contributed by atoms with Gasteiger partial charge in [-0.3, -0.25) is 0 Å². The molecular formula is C13H13N5O3S. The maximum atomic E-state index is 10.7. The molecule has 3 heterocycles. The van der Waals surface area contributed by atoms with Crippen molar-refractivity contribution in [3.8, 4) is 10.7 Å². The van der Waals surface area contributed by atoms with Crippen molar-refractivity contribution in [2.75, 3.05) is 0 Å². The number of rotatable bonds is 5. The normalized spacial score (nSPS) is 12.5. The molecule has 1 atom stereocenters. The molecular weight excluding hydrogens is 306 g/mol. The van der Waals surface area contributed by atoms with Gasteiger partial charge in [-0.25, -0.2) is 0 Å². The van der Waals surface area contributed by atoms with Crippen molar-refractivity contribution in [1.29, 1.82) is 0 Å². The van der Waals surface area contributed by atoms with E-state index in [0.717, 1.165) is 10.6 Å². The molecule has 3 rings (SSSR count). The van der Waals surface area contributed by atoms with Crippen LogP contribution < -0.4 is 0 Å². The Morgan fingerprint density at radius 1 is 1.55 bits per heavy atom. The fourth-order valence-corrected chi connectivity index (χ4v) is 2.69. The number of nitrogens with zero attached hydrogens (tertiary/aromatic N) is 5. The molecule has 0 aliphatic carbocycles. The van der Waals surface area contributed by atoms with E-state index in [1.807, 2.05) is 24.4 Å². The van der Waals surface area contributed by atoms with Gasteiger partial charge < -0.3 is 14.6 Å². The number of hydrogen-bond acceptors (Lipinski definition) is 7. The minimum absolute atomic E-state index is 0.0978. The van der Waals surface area contributed by atoms with Crippen LogP contribution in [0.3, 0.4) is 0 Å². The highest BCUT2D eigenvalue weighted by Crippen LogP contribution is 2.24. The van der Waals surface area contributed by atoms with E-state index in [2.05, 4.69) is 15.2 Å². The van der Waals surface area contributed by atoms with Crippen LogP contribution in [-0.2, 0) is 6.54 Å². The predicted octanol–water partition coefficient (Wildman–Crippen LogP) is 3.01. The van der Waals surface area contributed by atoms with Crippen molar-refractivity contribution >= 4 is 17.2 Å².